The highest BCUT2D eigenvalue weighted by Crippen LogP contribution is 2.32. The van der Waals surface area contributed by atoms with E-state index in [-0.39, 0.29) is 12.0 Å². The molecule has 1 atom stereocenters. The van der Waals surface area contributed by atoms with Gasteiger partial charge in [0, 0.05) is 18.3 Å². The van der Waals surface area contributed by atoms with Gasteiger partial charge in [0.1, 0.15) is 18.0 Å². The van der Waals surface area contributed by atoms with Crippen LogP contribution in [-0.2, 0) is 16.1 Å². The molecular formula is C24H21N3O5. The number of fused-ring (bicyclic) bond motifs is 1. The van der Waals surface area contributed by atoms with Gasteiger partial charge in [0.25, 0.3) is 5.56 Å². The molecule has 3 aromatic heterocycles. The van der Waals surface area contributed by atoms with Crippen molar-refractivity contribution in [2.45, 2.75) is 18.9 Å². The summed E-state index contributed by atoms with van der Waals surface area (Å²) >= 11 is 0. The first-order valence-corrected chi connectivity index (χ1v) is 9.96. The number of hydrogen-bond acceptors (Lipinski definition) is 7. The van der Waals surface area contributed by atoms with Crippen LogP contribution >= 0.6 is 0 Å². The fraction of sp³-hybridized carbons (Fsp3) is 0.167. The minimum Gasteiger partial charge on any atom is -0.493 e. The second-order valence-electron chi connectivity index (χ2n) is 7.09. The smallest absolute Gasteiger partial charge is 0.306 e. The van der Waals surface area contributed by atoms with Gasteiger partial charge in [-0.25, -0.2) is 0 Å². The van der Waals surface area contributed by atoms with E-state index >= 15 is 0 Å². The van der Waals surface area contributed by atoms with Crippen LogP contribution in [0.5, 0.6) is 11.6 Å². The molecule has 0 radical (unpaired) electrons. The number of rotatable bonds is 7. The zero-order chi connectivity index (χ0) is 22.5. The van der Waals surface area contributed by atoms with Crippen molar-refractivity contribution in [3.8, 4) is 11.6 Å². The Morgan fingerprint density at radius 1 is 1.09 bits per heavy atom. The second-order valence-corrected chi connectivity index (χ2v) is 7.09. The van der Waals surface area contributed by atoms with Crippen molar-refractivity contribution < 1.29 is 19.4 Å². The maximum Gasteiger partial charge on any atom is 0.306 e. The summed E-state index contributed by atoms with van der Waals surface area (Å²) in [5, 5.41) is 10.6. The molecule has 0 unspecified atom stereocenters. The van der Waals surface area contributed by atoms with Crippen molar-refractivity contribution in [1.29, 1.82) is 0 Å². The lowest BCUT2D eigenvalue weighted by atomic mass is 9.89. The number of hydrogen-bond donors (Lipinski definition) is 1. The number of aromatic nitrogens is 3. The molecule has 4 rings (SSSR count). The van der Waals surface area contributed by atoms with Gasteiger partial charge < -0.3 is 14.6 Å². The average molecular weight is 431 g/mol. The Morgan fingerprint density at radius 2 is 1.88 bits per heavy atom. The third-order valence-electron chi connectivity index (χ3n) is 5.09. The molecular weight excluding hydrogens is 410 g/mol. The largest absolute Gasteiger partial charge is 0.493 e. The van der Waals surface area contributed by atoms with Crippen molar-refractivity contribution in [2.75, 3.05) is 7.11 Å². The van der Waals surface area contributed by atoms with Gasteiger partial charge in [-0.2, -0.15) is 4.98 Å². The Morgan fingerprint density at radius 3 is 2.59 bits per heavy atom. The molecule has 8 nitrogen and oxygen atoms in total. The average Bonchev–Trinajstić information content (AvgIpc) is 2.83. The van der Waals surface area contributed by atoms with E-state index in [1.54, 1.807) is 54.9 Å². The molecule has 0 amide bonds. The van der Waals surface area contributed by atoms with Crippen molar-refractivity contribution in [3.63, 3.8) is 0 Å². The van der Waals surface area contributed by atoms with E-state index < -0.39 is 23.3 Å². The summed E-state index contributed by atoms with van der Waals surface area (Å²) in [5.41, 5.74) is 1.33. The fourth-order valence-electron chi connectivity index (χ4n) is 3.47. The van der Waals surface area contributed by atoms with Gasteiger partial charge in [-0.1, -0.05) is 24.3 Å². The Kier molecular flexibility index (Phi) is 6.12. The third kappa shape index (κ3) is 4.44. The van der Waals surface area contributed by atoms with E-state index in [0.717, 1.165) is 5.69 Å². The molecule has 0 spiro atoms. The van der Waals surface area contributed by atoms with Crippen molar-refractivity contribution >= 4 is 11.6 Å². The van der Waals surface area contributed by atoms with Gasteiger partial charge in [0.05, 0.1) is 24.8 Å². The number of carbonyl (C=O) groups excluding carboxylic acids is 1. The van der Waals surface area contributed by atoms with E-state index in [0.29, 0.717) is 23.6 Å². The third-order valence-corrected chi connectivity index (χ3v) is 5.09. The number of benzene rings is 1. The maximum absolute atomic E-state index is 13.1. The fourth-order valence-corrected chi connectivity index (χ4v) is 3.47. The molecule has 32 heavy (non-hydrogen) atoms. The summed E-state index contributed by atoms with van der Waals surface area (Å²) in [6.07, 6.45) is 3.13. The summed E-state index contributed by atoms with van der Waals surface area (Å²) in [5.74, 6) is -1.06. The highest BCUT2D eigenvalue weighted by molar-refractivity contribution is 5.71. The SMILES string of the molecule is COC(=O)C[C@H](c1ccc(OCc2ccccn2)cc1)c1c(O)nc2ccccn2c1=O. The van der Waals surface area contributed by atoms with E-state index in [4.69, 9.17) is 9.47 Å². The summed E-state index contributed by atoms with van der Waals surface area (Å²) in [6, 6.07) is 17.6. The van der Waals surface area contributed by atoms with Crippen LogP contribution < -0.4 is 10.3 Å². The number of aromatic hydroxyl groups is 1. The van der Waals surface area contributed by atoms with Crippen LogP contribution in [0, 0.1) is 0 Å². The highest BCUT2D eigenvalue weighted by Gasteiger charge is 2.27. The Labute approximate surface area is 183 Å². The van der Waals surface area contributed by atoms with Crippen molar-refractivity contribution in [2.24, 2.45) is 0 Å². The monoisotopic (exact) mass is 431 g/mol. The van der Waals surface area contributed by atoms with Crippen LogP contribution in [0.15, 0.2) is 77.9 Å². The molecule has 1 N–H and O–H groups in total. The van der Waals surface area contributed by atoms with Gasteiger partial charge in [-0.15, -0.1) is 0 Å². The first-order chi connectivity index (χ1) is 15.6. The predicted molar refractivity (Wildman–Crippen MR) is 117 cm³/mol. The zero-order valence-electron chi connectivity index (χ0n) is 17.3. The number of nitrogens with zero attached hydrogens (tertiary/aromatic N) is 3. The summed E-state index contributed by atoms with van der Waals surface area (Å²) in [4.78, 5) is 33.6. The van der Waals surface area contributed by atoms with E-state index in [1.807, 2.05) is 18.2 Å². The molecule has 0 aliphatic carbocycles. The number of ether oxygens (including phenoxy) is 2. The Balaban J connectivity index is 1.67. The van der Waals surface area contributed by atoms with Crippen LogP contribution in [-0.4, -0.2) is 32.6 Å². The Hall–Kier alpha value is -4.20. The number of methoxy groups -OCH3 is 1. The molecule has 0 bridgehead atoms. The van der Waals surface area contributed by atoms with Gasteiger partial charge in [0.15, 0.2) is 0 Å². The molecule has 1 aromatic carbocycles. The highest BCUT2D eigenvalue weighted by atomic mass is 16.5. The topological polar surface area (TPSA) is 103 Å². The van der Waals surface area contributed by atoms with Crippen LogP contribution in [0.1, 0.15) is 29.2 Å². The first-order valence-electron chi connectivity index (χ1n) is 9.96. The van der Waals surface area contributed by atoms with Crippen LogP contribution in [0.4, 0.5) is 0 Å². The molecule has 3 heterocycles. The molecule has 0 aliphatic heterocycles. The lowest BCUT2D eigenvalue weighted by Crippen LogP contribution is -2.24. The van der Waals surface area contributed by atoms with Crippen LogP contribution in [0.2, 0.25) is 0 Å². The van der Waals surface area contributed by atoms with Crippen molar-refractivity contribution in [3.05, 3.63) is 100 Å². The van der Waals surface area contributed by atoms with E-state index in [2.05, 4.69) is 9.97 Å². The molecule has 0 saturated carbocycles. The minimum absolute atomic E-state index is 0.0289. The van der Waals surface area contributed by atoms with E-state index in [1.165, 1.54) is 11.5 Å². The second kappa shape index (κ2) is 9.30. The van der Waals surface area contributed by atoms with Crippen LogP contribution in [0.25, 0.3) is 5.65 Å². The zero-order valence-corrected chi connectivity index (χ0v) is 17.3. The quantitative estimate of drug-likeness (QED) is 0.449. The number of carbonyl (C=O) groups is 1. The molecule has 4 aromatic rings. The summed E-state index contributed by atoms with van der Waals surface area (Å²) in [6.45, 7) is 0.308. The number of esters is 1. The van der Waals surface area contributed by atoms with Gasteiger partial charge in [-0.05, 0) is 42.0 Å². The lowest BCUT2D eigenvalue weighted by Gasteiger charge is -2.18. The van der Waals surface area contributed by atoms with Gasteiger partial charge in [0.2, 0.25) is 5.88 Å². The van der Waals surface area contributed by atoms with E-state index in [9.17, 15) is 14.7 Å². The molecule has 162 valence electrons. The summed E-state index contributed by atoms with van der Waals surface area (Å²) in [7, 11) is 1.28. The van der Waals surface area contributed by atoms with Gasteiger partial charge >= 0.3 is 5.97 Å². The maximum atomic E-state index is 13.1. The minimum atomic E-state index is -0.746. The standard InChI is InChI=1S/C24H21N3O5/c1-31-21(28)14-19(22-23(29)26-20-7-3-5-13-27(20)24(22)30)16-8-10-18(11-9-16)32-15-17-6-2-4-12-25-17/h2-13,19,29H,14-15H2,1H3/t19-/m1/s1. The number of pyridine rings is 2. The molecule has 0 aliphatic rings. The molecule has 0 saturated heterocycles. The van der Waals surface area contributed by atoms with Crippen molar-refractivity contribution in [1.82, 2.24) is 14.4 Å². The summed E-state index contributed by atoms with van der Waals surface area (Å²) < 4.78 is 11.9. The normalized spacial score (nSPS) is 11.8. The molecule has 8 heteroatoms. The molecule has 0 fully saturated rings. The Bertz CT molecular complexity index is 1290. The van der Waals surface area contributed by atoms with Crippen LogP contribution in [0.3, 0.4) is 0 Å². The predicted octanol–water partition coefficient (Wildman–Crippen LogP) is 3.07. The van der Waals surface area contributed by atoms with Gasteiger partial charge in [-0.3, -0.25) is 19.0 Å². The lowest BCUT2D eigenvalue weighted by molar-refractivity contribution is -0.140. The first kappa shape index (κ1) is 21.0.